The van der Waals surface area contributed by atoms with Gasteiger partial charge in [-0.25, -0.2) is 0 Å². The SMILES string of the molecule is CC(CCN(Cc1cccc(Cl)c1)C(=O)[C@@]1(C)CCN1C(=O)c1csc2ccccc12)C(=O)O. The Morgan fingerprint density at radius 2 is 1.97 bits per heavy atom. The van der Waals surface area contributed by atoms with Gasteiger partial charge in [-0.3, -0.25) is 14.4 Å². The van der Waals surface area contributed by atoms with Gasteiger partial charge in [0.25, 0.3) is 5.91 Å². The van der Waals surface area contributed by atoms with Crippen molar-refractivity contribution in [3.63, 3.8) is 0 Å². The maximum absolute atomic E-state index is 13.8. The second kappa shape index (κ2) is 9.76. The minimum Gasteiger partial charge on any atom is -0.481 e. The number of halogens is 1. The van der Waals surface area contributed by atoms with Crippen LogP contribution in [0.25, 0.3) is 10.1 Å². The molecule has 1 N–H and O–H groups in total. The molecule has 1 aliphatic heterocycles. The number of benzene rings is 2. The number of carbonyl (C=O) groups is 3. The third-order valence-electron chi connectivity index (χ3n) is 6.64. The van der Waals surface area contributed by atoms with Gasteiger partial charge in [-0.1, -0.05) is 48.9 Å². The number of hydrogen-bond donors (Lipinski definition) is 1. The molecule has 0 saturated carbocycles. The first kappa shape index (κ1) is 24.2. The van der Waals surface area contributed by atoms with E-state index in [1.807, 2.05) is 41.8 Å². The number of amides is 2. The van der Waals surface area contributed by atoms with E-state index in [0.717, 1.165) is 15.6 Å². The second-order valence-electron chi connectivity index (χ2n) is 9.01. The van der Waals surface area contributed by atoms with E-state index in [9.17, 15) is 19.5 Å². The number of aliphatic carboxylic acids is 1. The Bertz CT molecular complexity index is 1240. The van der Waals surface area contributed by atoms with Gasteiger partial charge < -0.3 is 14.9 Å². The third kappa shape index (κ3) is 4.68. The zero-order valence-electron chi connectivity index (χ0n) is 19.2. The van der Waals surface area contributed by atoms with Crippen LogP contribution in [0, 0.1) is 5.92 Å². The Hall–Kier alpha value is -2.90. The maximum atomic E-state index is 13.8. The molecule has 0 aliphatic carbocycles. The Morgan fingerprint density at radius 3 is 2.65 bits per heavy atom. The molecule has 2 heterocycles. The van der Waals surface area contributed by atoms with Crippen LogP contribution in [0.1, 0.15) is 42.6 Å². The highest BCUT2D eigenvalue weighted by Crippen LogP contribution is 2.37. The van der Waals surface area contributed by atoms with E-state index in [1.54, 1.807) is 35.8 Å². The van der Waals surface area contributed by atoms with Crippen LogP contribution in [0.2, 0.25) is 5.02 Å². The number of carboxylic acid groups (broad SMARTS) is 1. The molecule has 4 rings (SSSR count). The standard InChI is InChI=1S/C26H27ClN2O4S/c1-17(24(31)32)10-12-28(15-18-6-5-7-19(27)14-18)25(33)26(2)11-13-29(26)23(30)21-16-34-22-9-4-3-8-20(21)22/h3-9,14,16-17H,10-13,15H2,1-2H3,(H,31,32)/t17?,26-/m1/s1. The molecule has 2 aromatic carbocycles. The van der Waals surface area contributed by atoms with Gasteiger partial charge in [-0.15, -0.1) is 11.3 Å². The van der Waals surface area contributed by atoms with Crippen molar-refractivity contribution in [1.29, 1.82) is 0 Å². The maximum Gasteiger partial charge on any atom is 0.306 e. The van der Waals surface area contributed by atoms with Gasteiger partial charge in [-0.2, -0.15) is 0 Å². The minimum absolute atomic E-state index is 0.152. The van der Waals surface area contributed by atoms with Gasteiger partial charge in [0.05, 0.1) is 11.5 Å². The van der Waals surface area contributed by atoms with Crippen LogP contribution in [0.3, 0.4) is 0 Å². The quantitative estimate of drug-likeness (QED) is 0.457. The Morgan fingerprint density at radius 1 is 1.21 bits per heavy atom. The van der Waals surface area contributed by atoms with Gasteiger partial charge in [0, 0.05) is 40.1 Å². The highest BCUT2D eigenvalue weighted by Gasteiger charge is 2.51. The number of thiophene rings is 1. The van der Waals surface area contributed by atoms with Crippen molar-refractivity contribution in [3.8, 4) is 0 Å². The van der Waals surface area contributed by atoms with Crippen molar-refractivity contribution in [2.75, 3.05) is 13.1 Å². The average Bonchev–Trinajstić information content (AvgIpc) is 3.24. The topological polar surface area (TPSA) is 77.9 Å². The lowest BCUT2D eigenvalue weighted by atomic mass is 9.84. The summed E-state index contributed by atoms with van der Waals surface area (Å²) in [6.45, 7) is 4.51. The molecule has 2 amide bonds. The highest BCUT2D eigenvalue weighted by molar-refractivity contribution is 7.17. The lowest BCUT2D eigenvalue weighted by Crippen LogP contribution is -2.67. The number of fused-ring (bicyclic) bond motifs is 1. The van der Waals surface area contributed by atoms with Gasteiger partial charge >= 0.3 is 5.97 Å². The summed E-state index contributed by atoms with van der Waals surface area (Å²) in [4.78, 5) is 42.0. The van der Waals surface area contributed by atoms with Crippen LogP contribution in [-0.4, -0.2) is 51.3 Å². The number of nitrogens with zero attached hydrogens (tertiary/aromatic N) is 2. The van der Waals surface area contributed by atoms with Crippen LogP contribution in [0.15, 0.2) is 53.9 Å². The normalized spacial score (nSPS) is 18.4. The monoisotopic (exact) mass is 498 g/mol. The van der Waals surface area contributed by atoms with E-state index >= 15 is 0 Å². The molecule has 0 radical (unpaired) electrons. The van der Waals surface area contributed by atoms with Crippen LogP contribution in [-0.2, 0) is 16.1 Å². The van der Waals surface area contributed by atoms with Crippen molar-refractivity contribution < 1.29 is 19.5 Å². The zero-order valence-corrected chi connectivity index (χ0v) is 20.7. The molecule has 1 aromatic heterocycles. The molecule has 8 heteroatoms. The third-order valence-corrected chi connectivity index (χ3v) is 7.84. The molecular formula is C26H27ClN2O4S. The molecule has 3 aromatic rings. The van der Waals surface area contributed by atoms with Crippen molar-refractivity contribution in [3.05, 3.63) is 70.1 Å². The average molecular weight is 499 g/mol. The highest BCUT2D eigenvalue weighted by atomic mass is 35.5. The van der Waals surface area contributed by atoms with Crippen molar-refractivity contribution in [2.24, 2.45) is 5.92 Å². The molecule has 1 unspecified atom stereocenters. The molecule has 1 saturated heterocycles. The number of likely N-dealkylation sites (tertiary alicyclic amines) is 1. The van der Waals surface area contributed by atoms with Gasteiger partial charge in [0.1, 0.15) is 5.54 Å². The van der Waals surface area contributed by atoms with E-state index in [1.165, 1.54) is 11.3 Å². The van der Waals surface area contributed by atoms with Crippen LogP contribution < -0.4 is 0 Å². The summed E-state index contributed by atoms with van der Waals surface area (Å²) in [5, 5.41) is 12.6. The fourth-order valence-electron chi connectivity index (χ4n) is 4.32. The van der Waals surface area contributed by atoms with E-state index < -0.39 is 17.4 Å². The smallest absolute Gasteiger partial charge is 0.306 e. The first-order valence-electron chi connectivity index (χ1n) is 11.3. The largest absolute Gasteiger partial charge is 0.481 e. The summed E-state index contributed by atoms with van der Waals surface area (Å²) in [6, 6.07) is 15.0. The first-order chi connectivity index (χ1) is 16.2. The number of carbonyl (C=O) groups excluding carboxylic acids is 2. The second-order valence-corrected chi connectivity index (χ2v) is 10.4. The van der Waals surface area contributed by atoms with E-state index in [2.05, 4.69) is 0 Å². The fourth-order valence-corrected chi connectivity index (χ4v) is 5.47. The summed E-state index contributed by atoms with van der Waals surface area (Å²) < 4.78 is 1.03. The van der Waals surface area contributed by atoms with Crippen LogP contribution >= 0.6 is 22.9 Å². The molecule has 0 bridgehead atoms. The lowest BCUT2D eigenvalue weighted by molar-refractivity contribution is -0.151. The van der Waals surface area contributed by atoms with Crippen LogP contribution in [0.4, 0.5) is 0 Å². The molecule has 178 valence electrons. The zero-order chi connectivity index (χ0) is 24.5. The molecule has 0 spiro atoms. The lowest BCUT2D eigenvalue weighted by Gasteiger charge is -2.51. The van der Waals surface area contributed by atoms with Crippen molar-refractivity contribution >= 4 is 50.8 Å². The van der Waals surface area contributed by atoms with Crippen molar-refractivity contribution in [1.82, 2.24) is 9.80 Å². The Balaban J connectivity index is 1.58. The molecule has 2 atom stereocenters. The van der Waals surface area contributed by atoms with Gasteiger partial charge in [-0.05, 0) is 43.5 Å². The van der Waals surface area contributed by atoms with Gasteiger partial charge in [0.2, 0.25) is 5.91 Å². The summed E-state index contributed by atoms with van der Waals surface area (Å²) in [6.07, 6.45) is 0.876. The first-order valence-corrected chi connectivity index (χ1v) is 12.5. The molecule has 1 fully saturated rings. The number of rotatable bonds is 8. The van der Waals surface area contributed by atoms with Gasteiger partial charge in [0.15, 0.2) is 0 Å². The number of carboxylic acids is 1. The summed E-state index contributed by atoms with van der Waals surface area (Å²) >= 11 is 7.66. The summed E-state index contributed by atoms with van der Waals surface area (Å²) in [5.41, 5.74) is 0.485. The Kier molecular flexibility index (Phi) is 6.96. The molecule has 1 aliphatic rings. The molecule has 6 nitrogen and oxygen atoms in total. The van der Waals surface area contributed by atoms with E-state index in [-0.39, 0.29) is 18.4 Å². The van der Waals surface area contributed by atoms with Crippen molar-refractivity contribution in [2.45, 2.75) is 38.8 Å². The summed E-state index contributed by atoms with van der Waals surface area (Å²) in [7, 11) is 0. The molecular weight excluding hydrogens is 472 g/mol. The predicted octanol–water partition coefficient (Wildman–Crippen LogP) is 5.30. The summed E-state index contributed by atoms with van der Waals surface area (Å²) in [5.74, 6) is -1.81. The number of hydrogen-bond acceptors (Lipinski definition) is 4. The molecule has 34 heavy (non-hydrogen) atoms. The Labute approximate surface area is 207 Å². The van der Waals surface area contributed by atoms with Crippen LogP contribution in [0.5, 0.6) is 0 Å². The fraction of sp³-hybridized carbons (Fsp3) is 0.346. The van der Waals surface area contributed by atoms with E-state index in [0.29, 0.717) is 36.5 Å². The van der Waals surface area contributed by atoms with E-state index in [4.69, 9.17) is 11.6 Å². The minimum atomic E-state index is -0.981. The predicted molar refractivity (Wildman–Crippen MR) is 134 cm³/mol.